The summed E-state index contributed by atoms with van der Waals surface area (Å²) in [6.45, 7) is 7.28. The monoisotopic (exact) mass is 348 g/mol. The van der Waals surface area contributed by atoms with E-state index in [0.29, 0.717) is 19.6 Å². The Bertz CT molecular complexity index is 583. The maximum atomic E-state index is 12.7. The number of amides is 2. The number of nitrogens with one attached hydrogen (secondary N) is 1. The Morgan fingerprint density at radius 1 is 1.28 bits per heavy atom. The van der Waals surface area contributed by atoms with Gasteiger partial charge in [0, 0.05) is 26.7 Å². The third-order valence-corrected chi connectivity index (χ3v) is 4.09. The van der Waals surface area contributed by atoms with Gasteiger partial charge in [-0.2, -0.15) is 0 Å². The SMILES string of the molecule is CO[C@@H](C(=O)N1CC[C@@H](CNC(=O)OC(C)(C)C)C1)c1ccccc1. The number of hydrogen-bond donors (Lipinski definition) is 1. The van der Waals surface area contributed by atoms with Crippen molar-refractivity contribution in [2.75, 3.05) is 26.7 Å². The number of likely N-dealkylation sites (tertiary alicyclic amines) is 1. The number of nitrogens with zero attached hydrogens (tertiary/aromatic N) is 1. The number of methoxy groups -OCH3 is 1. The predicted octanol–water partition coefficient (Wildman–Crippen LogP) is 2.75. The molecule has 0 radical (unpaired) electrons. The van der Waals surface area contributed by atoms with Crippen LogP contribution in [0.5, 0.6) is 0 Å². The van der Waals surface area contributed by atoms with Crippen molar-refractivity contribution in [3.05, 3.63) is 35.9 Å². The van der Waals surface area contributed by atoms with E-state index in [4.69, 9.17) is 9.47 Å². The van der Waals surface area contributed by atoms with Crippen molar-refractivity contribution >= 4 is 12.0 Å². The fraction of sp³-hybridized carbons (Fsp3) is 0.579. The van der Waals surface area contributed by atoms with Gasteiger partial charge in [0.2, 0.25) is 0 Å². The molecule has 2 atom stereocenters. The molecular weight excluding hydrogens is 320 g/mol. The zero-order valence-corrected chi connectivity index (χ0v) is 15.5. The molecule has 0 aliphatic carbocycles. The highest BCUT2D eigenvalue weighted by Gasteiger charge is 2.32. The highest BCUT2D eigenvalue weighted by atomic mass is 16.6. The van der Waals surface area contributed by atoms with Crippen molar-refractivity contribution in [3.8, 4) is 0 Å². The summed E-state index contributed by atoms with van der Waals surface area (Å²) >= 11 is 0. The first-order chi connectivity index (χ1) is 11.8. The van der Waals surface area contributed by atoms with Crippen LogP contribution in [0.25, 0.3) is 0 Å². The molecule has 1 heterocycles. The third kappa shape index (κ3) is 5.74. The minimum Gasteiger partial charge on any atom is -0.444 e. The van der Waals surface area contributed by atoms with Crippen LogP contribution < -0.4 is 5.32 Å². The molecule has 0 bridgehead atoms. The van der Waals surface area contributed by atoms with Crippen molar-refractivity contribution in [1.82, 2.24) is 10.2 Å². The van der Waals surface area contributed by atoms with Crippen LogP contribution in [0.2, 0.25) is 0 Å². The van der Waals surface area contributed by atoms with E-state index in [9.17, 15) is 9.59 Å². The molecule has 1 aliphatic heterocycles. The van der Waals surface area contributed by atoms with Gasteiger partial charge in [0.05, 0.1) is 0 Å². The van der Waals surface area contributed by atoms with E-state index in [1.165, 1.54) is 0 Å². The fourth-order valence-electron chi connectivity index (χ4n) is 2.91. The van der Waals surface area contributed by atoms with E-state index in [-0.39, 0.29) is 11.8 Å². The lowest BCUT2D eigenvalue weighted by molar-refractivity contribution is -0.141. The second-order valence-electron chi connectivity index (χ2n) is 7.35. The van der Waals surface area contributed by atoms with Gasteiger partial charge in [-0.15, -0.1) is 0 Å². The summed E-state index contributed by atoms with van der Waals surface area (Å²) in [6, 6.07) is 9.49. The van der Waals surface area contributed by atoms with Gasteiger partial charge in [-0.05, 0) is 38.7 Å². The summed E-state index contributed by atoms with van der Waals surface area (Å²) in [7, 11) is 1.55. The Balaban J connectivity index is 1.85. The molecule has 1 aromatic rings. The molecular formula is C19H28N2O4. The minimum atomic E-state index is -0.584. The Morgan fingerprint density at radius 2 is 1.96 bits per heavy atom. The largest absolute Gasteiger partial charge is 0.444 e. The van der Waals surface area contributed by atoms with Crippen LogP contribution in [0.4, 0.5) is 4.79 Å². The van der Waals surface area contributed by atoms with Gasteiger partial charge in [-0.25, -0.2) is 4.79 Å². The quantitative estimate of drug-likeness (QED) is 0.888. The third-order valence-electron chi connectivity index (χ3n) is 4.09. The van der Waals surface area contributed by atoms with Crippen molar-refractivity contribution in [2.45, 2.75) is 38.9 Å². The average Bonchev–Trinajstić information content (AvgIpc) is 3.02. The summed E-state index contributed by atoms with van der Waals surface area (Å²) in [5.41, 5.74) is 0.341. The number of carbonyl (C=O) groups excluding carboxylic acids is 2. The Hall–Kier alpha value is -2.08. The topological polar surface area (TPSA) is 67.9 Å². The number of benzene rings is 1. The molecule has 1 fully saturated rings. The number of alkyl carbamates (subject to hydrolysis) is 1. The van der Waals surface area contributed by atoms with Crippen molar-refractivity contribution in [3.63, 3.8) is 0 Å². The van der Waals surface area contributed by atoms with Crippen LogP contribution in [0.3, 0.4) is 0 Å². The number of ether oxygens (including phenoxy) is 2. The highest BCUT2D eigenvalue weighted by molar-refractivity contribution is 5.82. The second-order valence-corrected chi connectivity index (χ2v) is 7.35. The first kappa shape index (κ1) is 19.2. The van der Waals surface area contributed by atoms with E-state index in [1.807, 2.05) is 56.0 Å². The van der Waals surface area contributed by atoms with E-state index in [1.54, 1.807) is 7.11 Å². The van der Waals surface area contributed by atoms with Gasteiger partial charge in [0.1, 0.15) is 5.60 Å². The maximum absolute atomic E-state index is 12.7. The average molecular weight is 348 g/mol. The lowest BCUT2D eigenvalue weighted by Gasteiger charge is -2.23. The molecule has 0 saturated carbocycles. The lowest BCUT2D eigenvalue weighted by atomic mass is 10.1. The lowest BCUT2D eigenvalue weighted by Crippen LogP contribution is -2.37. The molecule has 1 N–H and O–H groups in total. The van der Waals surface area contributed by atoms with Crippen LogP contribution in [0.15, 0.2) is 30.3 Å². The van der Waals surface area contributed by atoms with Crippen molar-refractivity contribution in [1.29, 1.82) is 0 Å². The number of hydrogen-bond acceptors (Lipinski definition) is 4. The van der Waals surface area contributed by atoms with Gasteiger partial charge in [-0.1, -0.05) is 30.3 Å². The molecule has 1 aliphatic rings. The van der Waals surface area contributed by atoms with E-state index < -0.39 is 17.8 Å². The number of carbonyl (C=O) groups is 2. The summed E-state index contributed by atoms with van der Waals surface area (Å²) in [5.74, 6) is 0.193. The van der Waals surface area contributed by atoms with Crippen LogP contribution in [-0.2, 0) is 14.3 Å². The maximum Gasteiger partial charge on any atom is 0.407 e. The summed E-state index contributed by atoms with van der Waals surface area (Å²) in [6.07, 6.45) is -0.151. The van der Waals surface area contributed by atoms with Gasteiger partial charge in [0.15, 0.2) is 6.10 Å². The summed E-state index contributed by atoms with van der Waals surface area (Å²) in [4.78, 5) is 26.3. The molecule has 138 valence electrons. The second kappa shape index (κ2) is 8.34. The smallest absolute Gasteiger partial charge is 0.407 e. The molecule has 2 rings (SSSR count). The van der Waals surface area contributed by atoms with Crippen molar-refractivity contribution in [2.24, 2.45) is 5.92 Å². The van der Waals surface area contributed by atoms with E-state index in [0.717, 1.165) is 12.0 Å². The molecule has 25 heavy (non-hydrogen) atoms. The minimum absolute atomic E-state index is 0.0338. The van der Waals surface area contributed by atoms with Gasteiger partial charge in [0.25, 0.3) is 5.91 Å². The van der Waals surface area contributed by atoms with Gasteiger partial charge in [-0.3, -0.25) is 4.79 Å². The molecule has 1 aromatic carbocycles. The van der Waals surface area contributed by atoms with Crippen molar-refractivity contribution < 1.29 is 19.1 Å². The summed E-state index contributed by atoms with van der Waals surface area (Å²) in [5, 5.41) is 2.79. The molecule has 6 heteroatoms. The molecule has 6 nitrogen and oxygen atoms in total. The predicted molar refractivity (Wildman–Crippen MR) is 95.1 cm³/mol. The Kier molecular flexibility index (Phi) is 6.42. The zero-order chi connectivity index (χ0) is 18.4. The van der Waals surface area contributed by atoms with Crippen LogP contribution in [-0.4, -0.2) is 49.2 Å². The first-order valence-corrected chi connectivity index (χ1v) is 8.63. The zero-order valence-electron chi connectivity index (χ0n) is 15.5. The standard InChI is InChI=1S/C19H28N2O4/c1-19(2,3)25-18(23)20-12-14-10-11-21(13-14)17(22)16(24-4)15-8-6-5-7-9-15/h5-9,14,16H,10-13H2,1-4H3,(H,20,23)/t14-,16+/m0/s1. The highest BCUT2D eigenvalue weighted by Crippen LogP contribution is 2.24. The Labute approximate surface area is 149 Å². The van der Waals surface area contributed by atoms with Crippen LogP contribution >= 0.6 is 0 Å². The first-order valence-electron chi connectivity index (χ1n) is 8.63. The fourth-order valence-corrected chi connectivity index (χ4v) is 2.91. The van der Waals surface area contributed by atoms with Crippen LogP contribution in [0, 0.1) is 5.92 Å². The van der Waals surface area contributed by atoms with Crippen LogP contribution in [0.1, 0.15) is 38.9 Å². The molecule has 2 amide bonds. The Morgan fingerprint density at radius 3 is 2.56 bits per heavy atom. The molecule has 1 saturated heterocycles. The van der Waals surface area contributed by atoms with E-state index in [2.05, 4.69) is 5.32 Å². The molecule has 0 spiro atoms. The molecule has 0 aromatic heterocycles. The van der Waals surface area contributed by atoms with Gasteiger partial charge >= 0.3 is 6.09 Å². The summed E-state index contributed by atoms with van der Waals surface area (Å²) < 4.78 is 10.7. The number of rotatable bonds is 5. The van der Waals surface area contributed by atoms with Gasteiger partial charge < -0.3 is 19.7 Å². The van der Waals surface area contributed by atoms with E-state index >= 15 is 0 Å². The normalized spacial score (nSPS) is 18.7. The molecule has 0 unspecified atom stereocenters.